The van der Waals surface area contributed by atoms with Crippen LogP contribution in [0.1, 0.15) is 71.3 Å². The fraction of sp³-hybridized carbons (Fsp3) is 0.440. The van der Waals surface area contributed by atoms with Gasteiger partial charge in [0.2, 0.25) is 5.91 Å². The maximum absolute atomic E-state index is 12.7. The molecule has 0 saturated heterocycles. The monoisotopic (exact) mass is 457 g/mol. The zero-order chi connectivity index (χ0) is 23.8. The molecule has 0 bridgehead atoms. The molecule has 33 heavy (non-hydrogen) atoms. The van der Waals surface area contributed by atoms with Gasteiger partial charge in [-0.05, 0) is 68.2 Å². The van der Waals surface area contributed by atoms with E-state index in [1.165, 1.54) is 6.20 Å². The highest BCUT2D eigenvalue weighted by molar-refractivity contribution is 6.08. The first-order valence-electron chi connectivity index (χ1n) is 11.2. The first kappa shape index (κ1) is 23.1. The van der Waals surface area contributed by atoms with E-state index in [1.807, 2.05) is 13.0 Å². The topological polar surface area (TPSA) is 72.0 Å². The average molecular weight is 457 g/mol. The van der Waals surface area contributed by atoms with Crippen molar-refractivity contribution in [3.05, 3.63) is 64.1 Å². The quantitative estimate of drug-likeness (QED) is 0.597. The Labute approximate surface area is 190 Å². The number of halogens is 3. The van der Waals surface area contributed by atoms with Crippen molar-refractivity contribution in [1.29, 1.82) is 0 Å². The summed E-state index contributed by atoms with van der Waals surface area (Å²) in [5.41, 5.74) is 4.31. The summed E-state index contributed by atoms with van der Waals surface area (Å²) in [6.07, 6.45) is 2.44. The molecule has 1 fully saturated rings. The van der Waals surface area contributed by atoms with Crippen LogP contribution in [0.5, 0.6) is 0 Å². The number of fused-ring (bicyclic) bond motifs is 1. The molecule has 1 saturated carbocycles. The molecule has 0 aliphatic heterocycles. The van der Waals surface area contributed by atoms with Crippen molar-refractivity contribution in [2.45, 2.75) is 64.5 Å². The number of nitrogens with zero attached hydrogens (tertiary/aromatic N) is 2. The fourth-order valence-electron chi connectivity index (χ4n) is 4.17. The van der Waals surface area contributed by atoms with Crippen molar-refractivity contribution in [1.82, 2.24) is 9.97 Å². The lowest BCUT2D eigenvalue weighted by molar-refractivity contribution is -0.134. The zero-order valence-electron chi connectivity index (χ0n) is 18.6. The largest absolute Gasteiger partial charge is 0.389 e. The van der Waals surface area contributed by atoms with E-state index in [1.54, 1.807) is 25.3 Å². The molecule has 2 heterocycles. The Bertz CT molecular complexity index is 1120. The Morgan fingerprint density at radius 2 is 2.03 bits per heavy atom. The second-order valence-electron chi connectivity index (χ2n) is 9.05. The molecule has 1 N–H and O–H groups in total. The van der Waals surface area contributed by atoms with Gasteiger partial charge in [0.1, 0.15) is 5.82 Å². The van der Waals surface area contributed by atoms with Crippen LogP contribution in [0.3, 0.4) is 0 Å². The highest BCUT2D eigenvalue weighted by Crippen LogP contribution is 2.34. The number of pyridine rings is 2. The van der Waals surface area contributed by atoms with Crippen LogP contribution in [0.25, 0.3) is 0 Å². The molecule has 1 unspecified atom stereocenters. The lowest BCUT2D eigenvalue weighted by Crippen LogP contribution is -2.19. The molecule has 174 valence electrons. The van der Waals surface area contributed by atoms with Gasteiger partial charge in [0.05, 0.1) is 0 Å². The van der Waals surface area contributed by atoms with Crippen molar-refractivity contribution in [2.24, 2.45) is 5.92 Å². The molecule has 2 aliphatic rings. The fourth-order valence-corrected chi connectivity index (χ4v) is 4.17. The highest BCUT2D eigenvalue weighted by atomic mass is 19.4. The number of ketones is 1. The SMILES string of the molecule is Cc1cc(C(C)CC2=CC(=O)c3ccnc(NC(=O)C4CC4)c3C2)cnc1CCC(F)(F)F. The van der Waals surface area contributed by atoms with Gasteiger partial charge in [0.25, 0.3) is 0 Å². The molecule has 0 spiro atoms. The predicted octanol–water partition coefficient (Wildman–Crippen LogP) is 5.49. The van der Waals surface area contributed by atoms with E-state index in [9.17, 15) is 22.8 Å². The van der Waals surface area contributed by atoms with Gasteiger partial charge >= 0.3 is 6.18 Å². The molecule has 0 aromatic carbocycles. The number of allylic oxidation sites excluding steroid dienone is 2. The molecule has 2 aliphatic carbocycles. The van der Waals surface area contributed by atoms with Gasteiger partial charge in [-0.2, -0.15) is 13.2 Å². The van der Waals surface area contributed by atoms with Crippen molar-refractivity contribution in [2.75, 3.05) is 5.32 Å². The molecule has 2 aromatic rings. The number of aryl methyl sites for hydroxylation is 2. The van der Waals surface area contributed by atoms with Crippen LogP contribution in [0.15, 0.2) is 36.2 Å². The summed E-state index contributed by atoms with van der Waals surface area (Å²) in [7, 11) is 0. The Kier molecular flexibility index (Phi) is 6.36. The third-order valence-corrected chi connectivity index (χ3v) is 6.24. The number of aromatic nitrogens is 2. The Morgan fingerprint density at radius 3 is 2.70 bits per heavy atom. The van der Waals surface area contributed by atoms with Crippen LogP contribution in [-0.2, 0) is 17.6 Å². The molecule has 1 atom stereocenters. The summed E-state index contributed by atoms with van der Waals surface area (Å²) in [4.78, 5) is 33.5. The second kappa shape index (κ2) is 9.08. The molecule has 5 nitrogen and oxygen atoms in total. The predicted molar refractivity (Wildman–Crippen MR) is 118 cm³/mol. The van der Waals surface area contributed by atoms with E-state index in [0.717, 1.165) is 35.1 Å². The number of alkyl halides is 3. The van der Waals surface area contributed by atoms with Crippen molar-refractivity contribution in [3.8, 4) is 0 Å². The van der Waals surface area contributed by atoms with Gasteiger partial charge in [0.15, 0.2) is 5.78 Å². The van der Waals surface area contributed by atoms with Crippen LogP contribution < -0.4 is 5.32 Å². The standard InChI is InChI=1S/C25H26F3N3O2/c1-14(18-10-15(2)21(30-13-18)5-7-25(26,27)28)9-16-11-20-19(22(32)12-16)6-8-29-23(20)31-24(33)17-3-4-17/h6,8,10,12-14,17H,3-5,7,9,11H2,1-2H3,(H,29,31,33). The molecule has 0 radical (unpaired) electrons. The van der Waals surface area contributed by atoms with Gasteiger partial charge in [-0.25, -0.2) is 4.98 Å². The number of rotatable bonds is 7. The van der Waals surface area contributed by atoms with E-state index in [-0.39, 0.29) is 29.9 Å². The minimum absolute atomic E-state index is 0.0228. The number of hydrogen-bond donors (Lipinski definition) is 1. The third kappa shape index (κ3) is 5.67. The number of carbonyl (C=O) groups excluding carboxylic acids is 2. The molecule has 1 amide bonds. The summed E-state index contributed by atoms with van der Waals surface area (Å²) < 4.78 is 37.6. The lowest BCUT2D eigenvalue weighted by atomic mass is 9.85. The minimum Gasteiger partial charge on any atom is -0.310 e. The van der Waals surface area contributed by atoms with Gasteiger partial charge < -0.3 is 5.32 Å². The second-order valence-corrected chi connectivity index (χ2v) is 9.05. The maximum atomic E-state index is 12.7. The van der Waals surface area contributed by atoms with Gasteiger partial charge in [-0.3, -0.25) is 14.6 Å². The average Bonchev–Trinajstić information content (AvgIpc) is 3.58. The van der Waals surface area contributed by atoms with Crippen molar-refractivity contribution >= 4 is 17.5 Å². The lowest BCUT2D eigenvalue weighted by Gasteiger charge is -2.22. The molecular weight excluding hydrogens is 431 g/mol. The molecule has 8 heteroatoms. The Balaban J connectivity index is 1.46. The highest BCUT2D eigenvalue weighted by Gasteiger charge is 2.31. The summed E-state index contributed by atoms with van der Waals surface area (Å²) in [6.45, 7) is 3.78. The first-order valence-corrected chi connectivity index (χ1v) is 11.2. The van der Waals surface area contributed by atoms with Gasteiger partial charge in [-0.15, -0.1) is 0 Å². The number of anilines is 1. The number of amides is 1. The summed E-state index contributed by atoms with van der Waals surface area (Å²) in [5, 5.41) is 2.87. The number of nitrogens with one attached hydrogen (secondary N) is 1. The maximum Gasteiger partial charge on any atom is 0.389 e. The summed E-state index contributed by atoms with van der Waals surface area (Å²) in [6, 6.07) is 3.56. The van der Waals surface area contributed by atoms with E-state index < -0.39 is 12.6 Å². The van der Waals surface area contributed by atoms with E-state index in [4.69, 9.17) is 0 Å². The Hall–Kier alpha value is -3.03. The third-order valence-electron chi connectivity index (χ3n) is 6.24. The van der Waals surface area contributed by atoms with E-state index >= 15 is 0 Å². The normalized spacial score (nSPS) is 16.8. The molecular formula is C25H26F3N3O2. The molecule has 4 rings (SSSR count). The van der Waals surface area contributed by atoms with Crippen LogP contribution in [0.4, 0.5) is 19.0 Å². The van der Waals surface area contributed by atoms with Crippen LogP contribution in [0, 0.1) is 12.8 Å². The number of carbonyl (C=O) groups is 2. The van der Waals surface area contributed by atoms with Crippen molar-refractivity contribution < 1.29 is 22.8 Å². The van der Waals surface area contributed by atoms with Gasteiger partial charge in [-0.1, -0.05) is 18.6 Å². The van der Waals surface area contributed by atoms with Crippen LogP contribution >= 0.6 is 0 Å². The van der Waals surface area contributed by atoms with E-state index in [0.29, 0.717) is 29.9 Å². The molecule has 2 aromatic heterocycles. The van der Waals surface area contributed by atoms with Crippen molar-refractivity contribution in [3.63, 3.8) is 0 Å². The Morgan fingerprint density at radius 1 is 1.27 bits per heavy atom. The summed E-state index contributed by atoms with van der Waals surface area (Å²) >= 11 is 0. The first-order chi connectivity index (χ1) is 15.6. The van der Waals surface area contributed by atoms with Crippen LogP contribution in [0.2, 0.25) is 0 Å². The number of hydrogen-bond acceptors (Lipinski definition) is 4. The zero-order valence-corrected chi connectivity index (χ0v) is 18.6. The van der Waals surface area contributed by atoms with Crippen LogP contribution in [-0.4, -0.2) is 27.8 Å². The van der Waals surface area contributed by atoms with Gasteiger partial charge in [0, 0.05) is 41.6 Å². The van der Waals surface area contributed by atoms with E-state index in [2.05, 4.69) is 15.3 Å². The minimum atomic E-state index is -4.21. The summed E-state index contributed by atoms with van der Waals surface area (Å²) in [5.74, 6) is 0.337. The smallest absolute Gasteiger partial charge is 0.310 e.